The molecule has 1 rings (SSSR count). The highest BCUT2D eigenvalue weighted by atomic mass is 32.8. The van der Waals surface area contributed by atoms with E-state index in [-0.39, 0.29) is 63.0 Å². The van der Waals surface area contributed by atoms with Crippen LogP contribution in [0, 0.1) is 47.3 Å². The van der Waals surface area contributed by atoms with E-state index in [1.807, 2.05) is 0 Å². The summed E-state index contributed by atoms with van der Waals surface area (Å²) in [6, 6.07) is 0. The molecule has 1 aliphatic carbocycles. The van der Waals surface area contributed by atoms with Crippen LogP contribution in [0.25, 0.3) is 0 Å². The van der Waals surface area contributed by atoms with Gasteiger partial charge in [0, 0.05) is 0 Å². The van der Waals surface area contributed by atoms with Crippen molar-refractivity contribution in [3.63, 3.8) is 0 Å². The van der Waals surface area contributed by atoms with E-state index in [0.717, 1.165) is 0 Å². The topological polar surface area (TPSA) is 0 Å². The zero-order valence-corrected chi connectivity index (χ0v) is 37.1. The monoisotopic (exact) mass is 768 g/mol. The Morgan fingerprint density at radius 1 is 0.658 bits per heavy atom. The minimum absolute atomic E-state index is 0.0739. The van der Waals surface area contributed by atoms with Gasteiger partial charge < -0.3 is 0 Å². The molecule has 0 heterocycles. The molecular formula is C24H46P14. The molecule has 0 spiro atoms. The molecule has 0 radical (unpaired) electrons. The summed E-state index contributed by atoms with van der Waals surface area (Å²) < 4.78 is 0. The fourth-order valence-corrected chi connectivity index (χ4v) is 13.9. The molecule has 0 amide bonds. The Bertz CT molecular complexity index is 942. The molecule has 0 aromatic rings. The van der Waals surface area contributed by atoms with Crippen molar-refractivity contribution >= 4 is 126 Å². The summed E-state index contributed by atoms with van der Waals surface area (Å²) in [6.45, 7) is 15.3. The van der Waals surface area contributed by atoms with Crippen LogP contribution in [0.15, 0.2) is 83.3 Å². The van der Waals surface area contributed by atoms with E-state index in [0.29, 0.717) is 5.92 Å². The van der Waals surface area contributed by atoms with Crippen molar-refractivity contribution in [2.45, 2.75) is 0 Å². The van der Waals surface area contributed by atoms with Gasteiger partial charge in [0.1, 0.15) is 0 Å². The van der Waals surface area contributed by atoms with Crippen LogP contribution in [0.3, 0.4) is 0 Å². The van der Waals surface area contributed by atoms with Crippen LogP contribution in [0.1, 0.15) is 0 Å². The van der Waals surface area contributed by atoms with Gasteiger partial charge in [-0.2, -0.15) is 0 Å². The molecule has 0 aliphatic heterocycles. The summed E-state index contributed by atoms with van der Waals surface area (Å²) >= 11 is 0. The van der Waals surface area contributed by atoms with Crippen LogP contribution in [-0.4, -0.2) is 12.5 Å². The van der Waals surface area contributed by atoms with Gasteiger partial charge in [0.15, 0.2) is 0 Å². The summed E-state index contributed by atoms with van der Waals surface area (Å²) in [5, 5.41) is 3.73. The number of hydrogen-bond acceptors (Lipinski definition) is 0. The summed E-state index contributed by atoms with van der Waals surface area (Å²) in [6.07, 6.45) is 16.3. The highest BCUT2D eigenvalue weighted by Gasteiger charge is 2.45. The van der Waals surface area contributed by atoms with Crippen molar-refractivity contribution in [3.05, 3.63) is 83.3 Å². The second kappa shape index (κ2) is 20.9. The first-order valence-corrected chi connectivity index (χ1v) is 28.8. The standard InChI is InChI=1S/C24H46P14/c1-5-14-15(6-2)17(8-9-25)18(10-22(26)27)19(11-23(28)29)20(12-24(30)37(32)33)21(16(14)7-3)13-35-38(34)36(4)31/h5-21H,1-3,25-34H2,4H3/b9-8?,24-12-. The Balaban J connectivity index is 4.26. The van der Waals surface area contributed by atoms with E-state index in [9.17, 15) is 0 Å². The third kappa shape index (κ3) is 12.4. The molecule has 1 fully saturated rings. The third-order valence-electron chi connectivity index (χ3n) is 6.82. The summed E-state index contributed by atoms with van der Waals surface area (Å²) in [5.74, 6) is 6.81. The van der Waals surface area contributed by atoms with Crippen LogP contribution in [0.5, 0.6) is 0 Å². The highest BCUT2D eigenvalue weighted by Crippen LogP contribution is 2.83. The van der Waals surface area contributed by atoms with E-state index in [1.165, 1.54) is 23.1 Å². The molecular weight excluding hydrogens is 722 g/mol. The molecule has 0 nitrogen and oxygen atoms in total. The number of rotatable bonds is 11. The first kappa shape index (κ1) is 40.0. The third-order valence-corrected chi connectivity index (χ3v) is 32.0. The van der Waals surface area contributed by atoms with Gasteiger partial charge in [-0.1, -0.05) is 78.3 Å². The van der Waals surface area contributed by atoms with Gasteiger partial charge >= 0.3 is 0 Å². The fourth-order valence-electron chi connectivity index (χ4n) is 5.20. The average molecular weight is 768 g/mol. The maximum Gasteiger partial charge on any atom is -0.00488 e. The van der Waals surface area contributed by atoms with Gasteiger partial charge in [-0.05, 0) is 83.5 Å². The number of hydrogen-bond donors (Lipinski definition) is 0. The van der Waals surface area contributed by atoms with Crippen LogP contribution in [0.2, 0.25) is 0 Å². The number of allylic oxidation sites excluding steroid dienone is 7. The Labute approximate surface area is 262 Å². The second-order valence-electron chi connectivity index (χ2n) is 9.20. The molecule has 20 unspecified atom stereocenters. The van der Waals surface area contributed by atoms with E-state index in [2.05, 4.69) is 172 Å². The first-order valence-electron chi connectivity index (χ1n) is 11.9. The molecule has 0 N–H and O–H groups in total. The predicted octanol–water partition coefficient (Wildman–Crippen LogP) is 11.6. The largest absolute Gasteiger partial charge is 0.114 e. The summed E-state index contributed by atoms with van der Waals surface area (Å²) in [4.78, 5) is 0. The molecule has 0 aromatic carbocycles. The summed E-state index contributed by atoms with van der Waals surface area (Å²) in [5.41, 5.74) is 0. The van der Waals surface area contributed by atoms with Gasteiger partial charge in [-0.3, -0.25) is 0 Å². The molecule has 38 heavy (non-hydrogen) atoms. The van der Waals surface area contributed by atoms with Gasteiger partial charge in [0.2, 0.25) is 0 Å². The molecule has 0 aromatic heterocycles. The maximum atomic E-state index is 4.41. The smallest absolute Gasteiger partial charge is 0.00488 e. The van der Waals surface area contributed by atoms with Crippen LogP contribution >= 0.6 is 121 Å². The minimum Gasteiger partial charge on any atom is -0.114 e. The Morgan fingerprint density at radius 2 is 1.08 bits per heavy atom. The van der Waals surface area contributed by atoms with E-state index >= 15 is 0 Å². The minimum atomic E-state index is -0.379. The molecule has 0 saturated heterocycles. The zero-order chi connectivity index (χ0) is 29.2. The van der Waals surface area contributed by atoms with Crippen molar-refractivity contribution in [1.29, 1.82) is 0 Å². The van der Waals surface area contributed by atoms with Crippen LogP contribution < -0.4 is 0 Å². The fraction of sp³-hybridized carbons (Fsp3) is 0.375. The van der Waals surface area contributed by atoms with E-state index in [1.54, 1.807) is 0 Å². The van der Waals surface area contributed by atoms with E-state index < -0.39 is 0 Å². The lowest BCUT2D eigenvalue weighted by Gasteiger charge is -2.48. The van der Waals surface area contributed by atoms with Crippen molar-refractivity contribution in [1.82, 2.24) is 0 Å². The lowest BCUT2D eigenvalue weighted by molar-refractivity contribution is 0.136. The first-order chi connectivity index (χ1) is 17.8. The quantitative estimate of drug-likeness (QED) is 0.145. The SMILES string of the molecule is C=CC1C(C=C)C(C=C)C(C=PP(P)P(C)P)C(/C=C(/P)P(P)P)C(C=C(P)P)C(C=C(P)P)C1C=CP. The Morgan fingerprint density at radius 3 is 1.47 bits per heavy atom. The molecule has 1 aliphatic rings. The van der Waals surface area contributed by atoms with Crippen LogP contribution in [-0.2, 0) is 0 Å². The normalized spacial score (nSPS) is 32.4. The predicted molar refractivity (Wildman–Crippen MR) is 229 cm³/mol. The molecule has 0 bridgehead atoms. The van der Waals surface area contributed by atoms with Gasteiger partial charge in [0.05, 0.1) is 0 Å². The zero-order valence-electron chi connectivity index (χ0n) is 22.0. The Kier molecular flexibility index (Phi) is 21.9. The van der Waals surface area contributed by atoms with Crippen molar-refractivity contribution in [2.75, 3.05) is 6.66 Å². The van der Waals surface area contributed by atoms with Crippen molar-refractivity contribution < 1.29 is 0 Å². The highest BCUT2D eigenvalue weighted by molar-refractivity contribution is 8.83. The molecule has 212 valence electrons. The molecule has 14 heteroatoms. The Hall–Kier alpha value is 3.94. The van der Waals surface area contributed by atoms with Gasteiger partial charge in [-0.25, -0.2) is 0 Å². The second-order valence-corrected chi connectivity index (χ2v) is 37.4. The van der Waals surface area contributed by atoms with Gasteiger partial charge in [-0.15, -0.1) is 102 Å². The van der Waals surface area contributed by atoms with Gasteiger partial charge in [0.25, 0.3) is 0 Å². The lowest BCUT2D eigenvalue weighted by atomic mass is 9.57. The average Bonchev–Trinajstić information content (AvgIpc) is 2.84. The maximum absolute atomic E-state index is 4.41. The summed E-state index contributed by atoms with van der Waals surface area (Å²) in [7, 11) is 30.6. The molecule has 20 atom stereocenters. The van der Waals surface area contributed by atoms with Crippen molar-refractivity contribution in [3.8, 4) is 0 Å². The van der Waals surface area contributed by atoms with E-state index in [4.69, 9.17) is 0 Å². The molecule has 1 saturated carbocycles. The van der Waals surface area contributed by atoms with Crippen molar-refractivity contribution in [2.24, 2.45) is 47.3 Å². The lowest BCUT2D eigenvalue weighted by Crippen LogP contribution is -2.43. The van der Waals surface area contributed by atoms with Crippen LogP contribution in [0.4, 0.5) is 0 Å².